The first-order valence-electron chi connectivity index (χ1n) is 9.81. The molecule has 2 aliphatic heterocycles. The van der Waals surface area contributed by atoms with E-state index in [1.54, 1.807) is 6.20 Å². The zero-order chi connectivity index (χ0) is 25.6. The number of benzene rings is 1. The number of thiocarbonyl (C=S) groups is 1. The summed E-state index contributed by atoms with van der Waals surface area (Å²) in [7, 11) is 0. The molecule has 0 saturated carbocycles. The monoisotopic (exact) mass is 502 g/mol. The first-order chi connectivity index (χ1) is 15.9. The van der Waals surface area contributed by atoms with Gasteiger partial charge < -0.3 is 35.8 Å². The van der Waals surface area contributed by atoms with Gasteiger partial charge in [0.2, 0.25) is 0 Å². The highest BCUT2D eigenvalue weighted by Gasteiger charge is 2.40. The second kappa shape index (κ2) is 11.2. The van der Waals surface area contributed by atoms with E-state index in [9.17, 15) is 23.2 Å². The van der Waals surface area contributed by atoms with Gasteiger partial charge in [0.25, 0.3) is 0 Å². The zero-order valence-corrected chi connectivity index (χ0v) is 18.4. The fourth-order valence-electron chi connectivity index (χ4n) is 3.40. The molecule has 1 aromatic carbocycles. The van der Waals surface area contributed by atoms with E-state index in [4.69, 9.17) is 43.1 Å². The molecule has 0 aromatic heterocycles. The van der Waals surface area contributed by atoms with Crippen LogP contribution in [0.1, 0.15) is 24.8 Å². The van der Waals surface area contributed by atoms with Gasteiger partial charge in [-0.3, -0.25) is 9.59 Å². The van der Waals surface area contributed by atoms with Crippen molar-refractivity contribution in [3.8, 4) is 5.75 Å². The van der Waals surface area contributed by atoms with Crippen LogP contribution in [0, 0.1) is 11.6 Å². The fraction of sp³-hybridized carbons (Fsp3) is 0.400. The van der Waals surface area contributed by atoms with Crippen LogP contribution in [0.5, 0.6) is 5.75 Å². The Morgan fingerprint density at radius 3 is 2.35 bits per heavy atom. The Bertz CT molecular complexity index is 1000. The summed E-state index contributed by atoms with van der Waals surface area (Å²) in [4.78, 5) is 32.4. The molecule has 1 atom stereocenters. The minimum Gasteiger partial charge on any atom is -0.488 e. The summed E-state index contributed by atoms with van der Waals surface area (Å²) < 4.78 is 32.5. The van der Waals surface area contributed by atoms with Crippen molar-refractivity contribution in [1.29, 1.82) is 0 Å². The number of aliphatic hydroxyl groups is 1. The van der Waals surface area contributed by atoms with Gasteiger partial charge in [-0.05, 0) is 24.8 Å². The van der Waals surface area contributed by atoms with Crippen LogP contribution in [0.2, 0.25) is 0 Å². The highest BCUT2D eigenvalue weighted by atomic mass is 32.1. The second-order valence-corrected chi connectivity index (χ2v) is 7.83. The molecule has 185 valence electrons. The van der Waals surface area contributed by atoms with Crippen molar-refractivity contribution in [2.75, 3.05) is 13.2 Å². The van der Waals surface area contributed by atoms with E-state index in [0.717, 1.165) is 11.8 Å². The van der Waals surface area contributed by atoms with Crippen LogP contribution in [-0.4, -0.2) is 73.1 Å². The number of nitrogens with two attached hydrogens (primary N) is 1. The second-order valence-electron chi connectivity index (χ2n) is 7.46. The topological polar surface area (TPSA) is 185 Å². The van der Waals surface area contributed by atoms with Crippen LogP contribution in [-0.2, 0) is 20.8 Å². The number of carbonyl (C=O) groups is 3. The standard InChI is InChI=1S/C14H14F2N3OS.C6H8O7/c15-9-3-8-4-11(7-20-13(8)12(16)5-9)19-10(1-2-17)6-18-14(19)21;7-3(8)1-6(13,5(11)12)2-4(9)10/h3,5-6,11H,1-2,4,7,17H2;13H,1-2H2,(H,7,8)(H,9,10)(H,11,12)/t11-;/m1./s1. The van der Waals surface area contributed by atoms with E-state index >= 15 is 0 Å². The molecule has 1 aromatic rings. The van der Waals surface area contributed by atoms with E-state index in [1.807, 2.05) is 4.90 Å². The van der Waals surface area contributed by atoms with Crippen molar-refractivity contribution in [2.24, 2.45) is 5.73 Å². The van der Waals surface area contributed by atoms with Gasteiger partial charge in [0.15, 0.2) is 22.3 Å². The highest BCUT2D eigenvalue weighted by molar-refractivity contribution is 7.80. The van der Waals surface area contributed by atoms with Crippen LogP contribution in [0.3, 0.4) is 0 Å². The van der Waals surface area contributed by atoms with Crippen molar-refractivity contribution in [3.63, 3.8) is 0 Å². The number of rotatable bonds is 8. The molecule has 0 aliphatic carbocycles. The lowest BCUT2D eigenvalue weighted by molar-refractivity contribution is -0.170. The fourth-order valence-corrected chi connectivity index (χ4v) is 3.72. The molecular formula is C20H22F2N3O8S. The van der Waals surface area contributed by atoms with Crippen LogP contribution in [0.4, 0.5) is 8.78 Å². The Labute approximate surface area is 197 Å². The molecule has 14 heteroatoms. The molecule has 2 heterocycles. The number of carboxylic acids is 3. The van der Waals surface area contributed by atoms with Gasteiger partial charge in [-0.15, -0.1) is 0 Å². The highest BCUT2D eigenvalue weighted by Crippen LogP contribution is 2.32. The number of halogens is 2. The maximum absolute atomic E-state index is 13.7. The van der Waals surface area contributed by atoms with Crippen molar-refractivity contribution in [3.05, 3.63) is 41.2 Å². The first kappa shape index (κ1) is 26.9. The van der Waals surface area contributed by atoms with Gasteiger partial charge >= 0.3 is 17.9 Å². The maximum atomic E-state index is 13.7. The molecule has 0 amide bonds. The van der Waals surface area contributed by atoms with E-state index in [2.05, 4.69) is 5.32 Å². The first-order valence-corrected chi connectivity index (χ1v) is 10.2. The van der Waals surface area contributed by atoms with Crippen molar-refractivity contribution in [2.45, 2.75) is 37.3 Å². The van der Waals surface area contributed by atoms with Crippen molar-refractivity contribution in [1.82, 2.24) is 10.2 Å². The van der Waals surface area contributed by atoms with Crippen LogP contribution < -0.4 is 15.8 Å². The largest absolute Gasteiger partial charge is 0.488 e. The Balaban J connectivity index is 0.000000273. The summed E-state index contributed by atoms with van der Waals surface area (Å²) in [5, 5.41) is 38.4. The van der Waals surface area contributed by atoms with Gasteiger partial charge in [-0.1, -0.05) is 0 Å². The minimum atomic E-state index is -2.74. The normalized spacial score (nSPS) is 16.9. The SMILES string of the molecule is NCCC1=C[N]C(=S)N1[C@H]1COc2c(F)cc(F)cc2C1.O=C(O)CC(O)(CC(=O)O)C(=O)O. The van der Waals surface area contributed by atoms with E-state index < -0.39 is 48.0 Å². The van der Waals surface area contributed by atoms with E-state index in [-0.39, 0.29) is 18.4 Å². The molecule has 2 aliphatic rings. The molecule has 1 radical (unpaired) electrons. The van der Waals surface area contributed by atoms with Crippen molar-refractivity contribution < 1.29 is 48.3 Å². The third-order valence-electron chi connectivity index (χ3n) is 4.85. The van der Waals surface area contributed by atoms with Crippen LogP contribution >= 0.6 is 12.2 Å². The average molecular weight is 502 g/mol. The Morgan fingerprint density at radius 1 is 1.21 bits per heavy atom. The van der Waals surface area contributed by atoms with Gasteiger partial charge in [0.1, 0.15) is 12.4 Å². The molecule has 11 nitrogen and oxygen atoms in total. The summed E-state index contributed by atoms with van der Waals surface area (Å²) in [6, 6.07) is 2.00. The summed E-state index contributed by atoms with van der Waals surface area (Å²) in [5.74, 6) is -6.18. The molecule has 0 bridgehead atoms. The number of hydrogen-bond acceptors (Lipinski definition) is 7. The zero-order valence-electron chi connectivity index (χ0n) is 17.6. The average Bonchev–Trinajstić information content (AvgIpc) is 3.07. The summed E-state index contributed by atoms with van der Waals surface area (Å²) >= 11 is 5.23. The lowest BCUT2D eigenvalue weighted by atomic mass is 9.96. The van der Waals surface area contributed by atoms with E-state index in [1.165, 1.54) is 6.07 Å². The van der Waals surface area contributed by atoms with Crippen LogP contribution in [0.15, 0.2) is 24.0 Å². The lowest BCUT2D eigenvalue weighted by Crippen LogP contribution is -2.44. The molecule has 34 heavy (non-hydrogen) atoms. The third kappa shape index (κ3) is 6.59. The number of nitrogens with zero attached hydrogens (tertiary/aromatic N) is 2. The van der Waals surface area contributed by atoms with Gasteiger partial charge in [0, 0.05) is 36.4 Å². The smallest absolute Gasteiger partial charge is 0.336 e. The Hall–Kier alpha value is -3.36. The van der Waals surface area contributed by atoms with Crippen molar-refractivity contribution >= 4 is 35.2 Å². The molecule has 3 rings (SSSR count). The molecule has 6 N–H and O–H groups in total. The molecule has 0 unspecified atom stereocenters. The van der Waals surface area contributed by atoms with Gasteiger partial charge in [0.05, 0.1) is 18.9 Å². The predicted octanol–water partition coefficient (Wildman–Crippen LogP) is 0.415. The number of ether oxygens (including phenoxy) is 1. The Morgan fingerprint density at radius 2 is 1.82 bits per heavy atom. The third-order valence-corrected chi connectivity index (χ3v) is 5.15. The Kier molecular flexibility index (Phi) is 8.84. The molecule has 0 spiro atoms. The van der Waals surface area contributed by atoms with Crippen LogP contribution in [0.25, 0.3) is 0 Å². The maximum Gasteiger partial charge on any atom is 0.336 e. The minimum absolute atomic E-state index is 0.124. The predicted molar refractivity (Wildman–Crippen MR) is 115 cm³/mol. The molecular weight excluding hydrogens is 480 g/mol. The van der Waals surface area contributed by atoms with E-state index in [0.29, 0.717) is 30.1 Å². The number of carboxylic acid groups (broad SMARTS) is 3. The lowest BCUT2D eigenvalue weighted by Gasteiger charge is -2.34. The van der Waals surface area contributed by atoms with Gasteiger partial charge in [-0.2, -0.15) is 0 Å². The number of fused-ring (bicyclic) bond motifs is 1. The molecule has 0 saturated heterocycles. The molecule has 0 fully saturated rings. The number of hydrogen-bond donors (Lipinski definition) is 5. The summed E-state index contributed by atoms with van der Waals surface area (Å²) in [6.07, 6.45) is 0.492. The van der Waals surface area contributed by atoms with Gasteiger partial charge in [-0.25, -0.2) is 18.9 Å². The number of aliphatic carboxylic acids is 3. The summed E-state index contributed by atoms with van der Waals surface area (Å²) in [6.45, 7) is 0.751. The quantitative estimate of drug-likeness (QED) is 0.310. The summed E-state index contributed by atoms with van der Waals surface area (Å²) in [5.41, 5.74) is 4.26.